The molecule has 0 aromatic heterocycles. The van der Waals surface area contributed by atoms with Crippen molar-refractivity contribution in [3.05, 3.63) is 23.8 Å². The Morgan fingerprint density at radius 3 is 2.23 bits per heavy atom. The SMILES string of the molecule is COCCCOc1cc(C[C@@H](CC(N)C(O)C[C@@H](C(=O)NCC(C)(C)C(N)=O)C(C)C)C(C)C)ccc1OC. The lowest BCUT2D eigenvalue weighted by molar-refractivity contribution is -0.130. The van der Waals surface area contributed by atoms with Crippen molar-refractivity contribution in [2.45, 2.75) is 79.4 Å². The third kappa shape index (κ3) is 11.7. The third-order valence-electron chi connectivity index (χ3n) is 7.50. The highest BCUT2D eigenvalue weighted by Crippen LogP contribution is 2.32. The Hall–Kier alpha value is -2.36. The second kappa shape index (κ2) is 16.7. The molecule has 1 aromatic carbocycles. The standard InChI is InChI=1S/C30H53N3O6/c1-19(2)22(14-21-10-11-26(38-8)27(15-21)39-13-9-12-37-7)16-24(31)25(34)17-23(20(3)4)28(35)33-18-30(5,6)29(32)36/h10-11,15,19-20,22-25,34H,9,12-14,16-18,31H2,1-8H3,(H2,32,36)(H,33,35)/t22-,23+,24?,25?/m0/s1. The zero-order valence-electron chi connectivity index (χ0n) is 25.3. The van der Waals surface area contributed by atoms with E-state index in [1.54, 1.807) is 28.1 Å². The molecule has 0 saturated carbocycles. The van der Waals surface area contributed by atoms with Crippen LogP contribution in [0.25, 0.3) is 0 Å². The lowest BCUT2D eigenvalue weighted by Gasteiger charge is -2.30. The van der Waals surface area contributed by atoms with Crippen molar-refractivity contribution < 1.29 is 28.9 Å². The van der Waals surface area contributed by atoms with Gasteiger partial charge in [0.25, 0.3) is 0 Å². The Morgan fingerprint density at radius 1 is 1.03 bits per heavy atom. The number of ether oxygens (including phenoxy) is 3. The number of aliphatic hydroxyl groups excluding tert-OH is 1. The van der Waals surface area contributed by atoms with E-state index in [0.717, 1.165) is 18.4 Å². The van der Waals surface area contributed by atoms with Gasteiger partial charge in [0.2, 0.25) is 11.8 Å². The molecular formula is C30H53N3O6. The highest BCUT2D eigenvalue weighted by Gasteiger charge is 2.32. The lowest BCUT2D eigenvalue weighted by Crippen LogP contribution is -2.46. The van der Waals surface area contributed by atoms with Gasteiger partial charge in [-0.1, -0.05) is 33.8 Å². The van der Waals surface area contributed by atoms with Gasteiger partial charge in [-0.2, -0.15) is 0 Å². The summed E-state index contributed by atoms with van der Waals surface area (Å²) in [7, 11) is 3.29. The molecule has 2 amide bonds. The van der Waals surface area contributed by atoms with Crippen LogP contribution in [0.4, 0.5) is 0 Å². The van der Waals surface area contributed by atoms with Crippen LogP contribution in [0.2, 0.25) is 0 Å². The van der Waals surface area contributed by atoms with Gasteiger partial charge in [-0.15, -0.1) is 0 Å². The van der Waals surface area contributed by atoms with E-state index < -0.39 is 29.4 Å². The highest BCUT2D eigenvalue weighted by molar-refractivity contribution is 5.83. The Bertz CT molecular complexity index is 889. The topological polar surface area (TPSA) is 146 Å². The first-order valence-electron chi connectivity index (χ1n) is 14.0. The Balaban J connectivity index is 2.87. The molecule has 0 saturated heterocycles. The van der Waals surface area contributed by atoms with E-state index in [4.69, 9.17) is 25.7 Å². The van der Waals surface area contributed by atoms with Crippen LogP contribution >= 0.6 is 0 Å². The number of hydrogen-bond acceptors (Lipinski definition) is 7. The van der Waals surface area contributed by atoms with Gasteiger partial charge in [-0.05, 0) is 68.6 Å². The molecule has 1 aromatic rings. The number of aliphatic hydroxyl groups is 1. The van der Waals surface area contributed by atoms with Crippen molar-refractivity contribution in [3.8, 4) is 11.5 Å². The van der Waals surface area contributed by atoms with Gasteiger partial charge in [0, 0.05) is 38.6 Å². The quantitative estimate of drug-likeness (QED) is 0.193. The van der Waals surface area contributed by atoms with E-state index in [1.165, 1.54) is 0 Å². The fourth-order valence-electron chi connectivity index (χ4n) is 4.39. The van der Waals surface area contributed by atoms with Crippen molar-refractivity contribution >= 4 is 11.8 Å². The number of carbonyl (C=O) groups is 2. The number of carbonyl (C=O) groups excluding carboxylic acids is 2. The van der Waals surface area contributed by atoms with E-state index in [0.29, 0.717) is 37.1 Å². The molecular weight excluding hydrogens is 498 g/mol. The number of methoxy groups -OCH3 is 2. The van der Waals surface area contributed by atoms with Crippen molar-refractivity contribution in [3.63, 3.8) is 0 Å². The number of nitrogens with one attached hydrogen (secondary N) is 1. The monoisotopic (exact) mass is 551 g/mol. The molecule has 0 bridgehead atoms. The van der Waals surface area contributed by atoms with Crippen LogP contribution < -0.4 is 26.3 Å². The van der Waals surface area contributed by atoms with Crippen molar-refractivity contribution in [2.24, 2.45) is 40.6 Å². The van der Waals surface area contributed by atoms with Crippen LogP contribution in [-0.4, -0.2) is 63.0 Å². The summed E-state index contributed by atoms with van der Waals surface area (Å²) in [6, 6.07) is 5.47. The van der Waals surface area contributed by atoms with Crippen LogP contribution in [0.5, 0.6) is 11.5 Å². The zero-order chi connectivity index (χ0) is 29.8. The maximum atomic E-state index is 12.9. The predicted molar refractivity (Wildman–Crippen MR) is 155 cm³/mol. The van der Waals surface area contributed by atoms with Gasteiger partial charge in [0.1, 0.15) is 0 Å². The first kappa shape index (κ1) is 34.7. The molecule has 0 heterocycles. The maximum absolute atomic E-state index is 12.9. The third-order valence-corrected chi connectivity index (χ3v) is 7.50. The van der Waals surface area contributed by atoms with Gasteiger partial charge < -0.3 is 36.1 Å². The summed E-state index contributed by atoms with van der Waals surface area (Å²) in [6.45, 7) is 12.9. The molecule has 2 unspecified atom stereocenters. The number of nitrogens with two attached hydrogens (primary N) is 2. The number of primary amides is 1. The molecule has 224 valence electrons. The van der Waals surface area contributed by atoms with Gasteiger partial charge in [-0.3, -0.25) is 9.59 Å². The highest BCUT2D eigenvalue weighted by atomic mass is 16.5. The molecule has 0 radical (unpaired) electrons. The second-order valence-corrected chi connectivity index (χ2v) is 11.9. The fraction of sp³-hybridized carbons (Fsp3) is 0.733. The molecule has 39 heavy (non-hydrogen) atoms. The van der Waals surface area contributed by atoms with Crippen LogP contribution in [0.15, 0.2) is 18.2 Å². The normalized spacial score (nSPS) is 15.1. The Labute approximate surface area is 235 Å². The van der Waals surface area contributed by atoms with Crippen molar-refractivity contribution in [1.82, 2.24) is 5.32 Å². The summed E-state index contributed by atoms with van der Waals surface area (Å²) < 4.78 is 16.5. The molecule has 6 N–H and O–H groups in total. The summed E-state index contributed by atoms with van der Waals surface area (Å²) in [6.07, 6.45) is 1.56. The van der Waals surface area contributed by atoms with Crippen molar-refractivity contribution in [2.75, 3.05) is 34.0 Å². The summed E-state index contributed by atoms with van der Waals surface area (Å²) in [5.74, 6) is 0.792. The summed E-state index contributed by atoms with van der Waals surface area (Å²) in [5, 5.41) is 13.9. The molecule has 9 heteroatoms. The average molecular weight is 552 g/mol. The molecule has 9 nitrogen and oxygen atoms in total. The Morgan fingerprint density at radius 2 is 1.69 bits per heavy atom. The molecule has 0 aliphatic carbocycles. The minimum atomic E-state index is -0.854. The summed E-state index contributed by atoms with van der Waals surface area (Å²) in [5.41, 5.74) is 12.2. The van der Waals surface area contributed by atoms with E-state index in [2.05, 4.69) is 19.2 Å². The lowest BCUT2D eigenvalue weighted by atomic mass is 9.80. The largest absolute Gasteiger partial charge is 0.493 e. The van der Waals surface area contributed by atoms with Crippen LogP contribution in [0.3, 0.4) is 0 Å². The summed E-state index contributed by atoms with van der Waals surface area (Å²) in [4.78, 5) is 24.5. The number of benzene rings is 1. The number of amides is 2. The molecule has 0 aliphatic rings. The van der Waals surface area contributed by atoms with Gasteiger partial charge in [-0.25, -0.2) is 0 Å². The molecule has 0 spiro atoms. The van der Waals surface area contributed by atoms with E-state index in [1.807, 2.05) is 32.0 Å². The number of hydrogen-bond donors (Lipinski definition) is 4. The maximum Gasteiger partial charge on any atom is 0.224 e. The molecule has 0 fully saturated rings. The minimum Gasteiger partial charge on any atom is -0.493 e. The molecule has 4 atom stereocenters. The second-order valence-electron chi connectivity index (χ2n) is 11.9. The molecule has 1 rings (SSSR count). The first-order chi connectivity index (χ1) is 18.2. The van der Waals surface area contributed by atoms with Gasteiger partial charge in [0.15, 0.2) is 11.5 Å². The van der Waals surface area contributed by atoms with E-state index in [-0.39, 0.29) is 30.7 Å². The fourth-order valence-corrected chi connectivity index (χ4v) is 4.39. The van der Waals surface area contributed by atoms with E-state index in [9.17, 15) is 14.7 Å². The molecule has 0 aliphatic heterocycles. The first-order valence-corrected chi connectivity index (χ1v) is 14.0. The number of rotatable bonds is 19. The van der Waals surface area contributed by atoms with Gasteiger partial charge in [0.05, 0.1) is 25.2 Å². The van der Waals surface area contributed by atoms with Crippen molar-refractivity contribution in [1.29, 1.82) is 0 Å². The predicted octanol–water partition coefficient (Wildman–Crippen LogP) is 3.29. The van der Waals surface area contributed by atoms with Crippen LogP contribution in [0, 0.1) is 29.1 Å². The smallest absolute Gasteiger partial charge is 0.224 e. The van der Waals surface area contributed by atoms with E-state index >= 15 is 0 Å². The summed E-state index contributed by atoms with van der Waals surface area (Å²) >= 11 is 0. The van der Waals surface area contributed by atoms with Crippen LogP contribution in [0.1, 0.15) is 66.4 Å². The van der Waals surface area contributed by atoms with Gasteiger partial charge >= 0.3 is 0 Å². The zero-order valence-corrected chi connectivity index (χ0v) is 25.3. The minimum absolute atomic E-state index is 0.00829. The van der Waals surface area contributed by atoms with Crippen LogP contribution in [-0.2, 0) is 20.7 Å². The average Bonchev–Trinajstić information content (AvgIpc) is 2.87. The Kier molecular flexibility index (Phi) is 14.8.